The molecule has 24 heavy (non-hydrogen) atoms. The van der Waals surface area contributed by atoms with Crippen molar-refractivity contribution in [2.45, 2.75) is 80.1 Å². The van der Waals surface area contributed by atoms with Crippen molar-refractivity contribution in [1.82, 2.24) is 0 Å². The summed E-state index contributed by atoms with van der Waals surface area (Å²) in [4.78, 5) is 0. The normalized spacial score (nSPS) is 11.0. The molecule has 0 unspecified atom stereocenters. The van der Waals surface area contributed by atoms with Crippen molar-refractivity contribution in [2.24, 2.45) is 0 Å². The van der Waals surface area contributed by atoms with Crippen LogP contribution in [0.15, 0.2) is 0 Å². The number of hydrogen-bond acceptors (Lipinski definition) is 2. The molecule has 0 saturated heterocycles. The van der Waals surface area contributed by atoms with E-state index in [9.17, 15) is 0 Å². The largest absolute Gasteiger partial charge is 0.870 e. The quantitative estimate of drug-likeness (QED) is 0.466. The molecule has 0 saturated carbocycles. The smallest absolute Gasteiger partial charge is 0.0781 e. The molecule has 0 aliphatic rings. The van der Waals surface area contributed by atoms with Crippen LogP contribution >= 0.6 is 0 Å². The van der Waals surface area contributed by atoms with Gasteiger partial charge < -0.3 is 19.9 Å². The zero-order chi connectivity index (χ0) is 17.5. The molecule has 0 fully saturated rings. The van der Waals surface area contributed by atoms with E-state index in [0.29, 0.717) is 0 Å². The van der Waals surface area contributed by atoms with Gasteiger partial charge in [0.25, 0.3) is 0 Å². The fraction of sp³-hybridized carbons (Fsp3) is 1.00. The molecule has 152 valence electrons. The number of quaternary nitrogens is 2. The van der Waals surface area contributed by atoms with Gasteiger partial charge in [-0.3, -0.25) is 0 Å². The summed E-state index contributed by atoms with van der Waals surface area (Å²) in [6, 6.07) is 0. The second-order valence-electron chi connectivity index (χ2n) is 7.58. The predicted molar refractivity (Wildman–Crippen MR) is 107 cm³/mol. The Labute approximate surface area is 154 Å². The monoisotopic (exact) mass is 350 g/mol. The topological polar surface area (TPSA) is 60.0 Å². The fourth-order valence-corrected chi connectivity index (χ4v) is 3.91. The average molecular weight is 351 g/mol. The van der Waals surface area contributed by atoms with Gasteiger partial charge in [0, 0.05) is 0 Å². The van der Waals surface area contributed by atoms with Crippen LogP contribution in [0.1, 0.15) is 80.1 Å². The van der Waals surface area contributed by atoms with Gasteiger partial charge in [-0.05, 0) is 38.5 Å². The van der Waals surface area contributed by atoms with E-state index in [0.717, 1.165) is 0 Å². The van der Waals surface area contributed by atoms with Gasteiger partial charge >= 0.3 is 0 Å². The molecule has 0 aromatic heterocycles. The molecule has 0 amide bonds. The van der Waals surface area contributed by atoms with Crippen LogP contribution in [0.4, 0.5) is 0 Å². The van der Waals surface area contributed by atoms with Gasteiger partial charge in [0.05, 0.1) is 53.4 Å². The number of hydrogen-bond donors (Lipinski definition) is 0. The lowest BCUT2D eigenvalue weighted by molar-refractivity contribution is -0.909. The first-order valence-corrected chi connectivity index (χ1v) is 10.0. The molecule has 0 spiro atoms. The van der Waals surface area contributed by atoms with Crippen molar-refractivity contribution in [2.75, 3.05) is 53.4 Å². The third-order valence-corrected chi connectivity index (χ3v) is 4.58. The van der Waals surface area contributed by atoms with Crippen molar-refractivity contribution < 1.29 is 19.9 Å². The third kappa shape index (κ3) is 16.7. The minimum atomic E-state index is 0. The predicted octanol–water partition coefficient (Wildman–Crippen LogP) is 4.97. The van der Waals surface area contributed by atoms with Gasteiger partial charge in [0.2, 0.25) is 0 Å². The minimum absolute atomic E-state index is 0. The average Bonchev–Trinajstić information content (AvgIpc) is 2.40. The molecular formula is C20H50N2O2. The Hall–Kier alpha value is -0.160. The van der Waals surface area contributed by atoms with E-state index in [-0.39, 0.29) is 11.0 Å². The molecule has 0 heterocycles. The van der Waals surface area contributed by atoms with Crippen LogP contribution < -0.4 is 0 Å². The molecule has 4 heteroatoms. The highest BCUT2D eigenvalue weighted by Crippen LogP contribution is 2.07. The molecule has 0 bridgehead atoms. The highest BCUT2D eigenvalue weighted by Gasteiger charge is 2.17. The van der Waals surface area contributed by atoms with E-state index >= 15 is 0 Å². The van der Waals surface area contributed by atoms with Crippen LogP contribution in [0.25, 0.3) is 0 Å². The summed E-state index contributed by atoms with van der Waals surface area (Å²) in [5.74, 6) is 0. The Morgan fingerprint density at radius 1 is 0.375 bits per heavy atom. The SMILES string of the molecule is CCC[N+](C)(CCC)CCC.CCC[N+](C)(CCC)CCC.[OH-].[OH-]. The Morgan fingerprint density at radius 3 is 0.583 bits per heavy atom. The van der Waals surface area contributed by atoms with Gasteiger partial charge in [-0.2, -0.15) is 0 Å². The van der Waals surface area contributed by atoms with Crippen LogP contribution in [0.2, 0.25) is 0 Å². The Balaban J connectivity index is -0.000000154. The first kappa shape index (κ1) is 31.6. The fourth-order valence-electron chi connectivity index (χ4n) is 3.91. The molecule has 0 radical (unpaired) electrons. The maximum atomic E-state index is 2.39. The molecule has 2 N–H and O–H groups in total. The van der Waals surface area contributed by atoms with Gasteiger partial charge in [-0.1, -0.05) is 41.5 Å². The zero-order valence-electron chi connectivity index (χ0n) is 18.3. The van der Waals surface area contributed by atoms with Crippen molar-refractivity contribution in [3.63, 3.8) is 0 Å². The summed E-state index contributed by atoms with van der Waals surface area (Å²) in [6.45, 7) is 21.8. The molecule has 0 atom stereocenters. The van der Waals surface area contributed by atoms with E-state index < -0.39 is 0 Å². The zero-order valence-corrected chi connectivity index (χ0v) is 18.3. The Kier molecular flexibility index (Phi) is 25.2. The molecular weight excluding hydrogens is 300 g/mol. The van der Waals surface area contributed by atoms with Gasteiger partial charge in [0.1, 0.15) is 0 Å². The Morgan fingerprint density at radius 2 is 0.500 bits per heavy atom. The van der Waals surface area contributed by atoms with Gasteiger partial charge in [-0.15, -0.1) is 0 Å². The van der Waals surface area contributed by atoms with E-state index in [1.807, 2.05) is 0 Å². The summed E-state index contributed by atoms with van der Waals surface area (Å²) in [5.41, 5.74) is 0. The number of rotatable bonds is 12. The summed E-state index contributed by atoms with van der Waals surface area (Å²) in [5, 5.41) is 0. The summed E-state index contributed by atoms with van der Waals surface area (Å²) in [7, 11) is 4.77. The Bertz CT molecular complexity index is 178. The maximum Gasteiger partial charge on any atom is 0.0781 e. The summed E-state index contributed by atoms with van der Waals surface area (Å²) < 4.78 is 2.56. The van der Waals surface area contributed by atoms with E-state index in [4.69, 9.17) is 0 Å². The molecule has 0 aromatic rings. The number of nitrogens with zero attached hydrogens (tertiary/aromatic N) is 2. The van der Waals surface area contributed by atoms with Gasteiger partial charge in [-0.25, -0.2) is 0 Å². The van der Waals surface area contributed by atoms with Crippen LogP contribution in [0.3, 0.4) is 0 Å². The van der Waals surface area contributed by atoms with E-state index in [1.54, 1.807) is 0 Å². The highest BCUT2D eigenvalue weighted by atomic mass is 16.0. The molecule has 0 aliphatic carbocycles. The lowest BCUT2D eigenvalue weighted by atomic mass is 10.2. The first-order chi connectivity index (χ1) is 10.4. The van der Waals surface area contributed by atoms with E-state index in [1.165, 1.54) is 86.8 Å². The first-order valence-electron chi connectivity index (χ1n) is 10.0. The van der Waals surface area contributed by atoms with Crippen LogP contribution in [-0.4, -0.2) is 73.3 Å². The van der Waals surface area contributed by atoms with Crippen molar-refractivity contribution in [1.29, 1.82) is 0 Å². The van der Waals surface area contributed by atoms with E-state index in [2.05, 4.69) is 55.6 Å². The minimum Gasteiger partial charge on any atom is -0.870 e. The lowest BCUT2D eigenvalue weighted by Crippen LogP contribution is -2.45. The van der Waals surface area contributed by atoms with Crippen LogP contribution in [0.5, 0.6) is 0 Å². The molecule has 0 rings (SSSR count). The summed E-state index contributed by atoms with van der Waals surface area (Å²) in [6.07, 6.45) is 7.90. The van der Waals surface area contributed by atoms with Crippen molar-refractivity contribution in [3.05, 3.63) is 0 Å². The second-order valence-corrected chi connectivity index (χ2v) is 7.58. The second kappa shape index (κ2) is 19.2. The lowest BCUT2D eigenvalue weighted by Gasteiger charge is -2.33. The highest BCUT2D eigenvalue weighted by molar-refractivity contribution is 4.38. The molecule has 0 aliphatic heterocycles. The molecule has 4 nitrogen and oxygen atoms in total. The standard InChI is InChI=1S/2C10H24N.2H2O/c2*1-5-8-11(4,9-6-2)10-7-3;;/h2*5-10H2,1-4H3;2*1H2/q2*+1;;/p-2. The van der Waals surface area contributed by atoms with Crippen molar-refractivity contribution in [3.8, 4) is 0 Å². The van der Waals surface area contributed by atoms with Crippen LogP contribution in [0, 0.1) is 0 Å². The van der Waals surface area contributed by atoms with Crippen molar-refractivity contribution >= 4 is 0 Å². The summed E-state index contributed by atoms with van der Waals surface area (Å²) >= 11 is 0. The third-order valence-electron chi connectivity index (χ3n) is 4.58. The van der Waals surface area contributed by atoms with Gasteiger partial charge in [0.15, 0.2) is 0 Å². The molecule has 0 aromatic carbocycles. The van der Waals surface area contributed by atoms with Crippen LogP contribution in [-0.2, 0) is 0 Å². The maximum absolute atomic E-state index is 2.39.